The van der Waals surface area contributed by atoms with E-state index in [2.05, 4.69) is 5.32 Å². The number of nitrogens with one attached hydrogen (secondary N) is 1. The van der Waals surface area contributed by atoms with Gasteiger partial charge in [-0.05, 0) is 30.5 Å². The molecule has 5 heteroatoms. The third-order valence-corrected chi connectivity index (χ3v) is 3.10. The Hall–Kier alpha value is -1.07. The van der Waals surface area contributed by atoms with E-state index < -0.39 is 11.7 Å². The van der Waals surface area contributed by atoms with Crippen LogP contribution in [-0.4, -0.2) is 17.8 Å². The molecule has 0 saturated carbocycles. The van der Waals surface area contributed by atoms with Gasteiger partial charge in [-0.25, -0.2) is 0 Å². The minimum atomic E-state index is -4.28. The molecule has 2 unspecified atom stereocenters. The average molecular weight is 245 g/mol. The van der Waals surface area contributed by atoms with E-state index >= 15 is 0 Å². The van der Waals surface area contributed by atoms with Crippen LogP contribution in [0.15, 0.2) is 24.3 Å². The van der Waals surface area contributed by atoms with Gasteiger partial charge in [0, 0.05) is 12.1 Å². The quantitative estimate of drug-likeness (QED) is 0.839. The summed E-state index contributed by atoms with van der Waals surface area (Å²) in [7, 11) is 0. The second-order valence-electron chi connectivity index (χ2n) is 4.30. The maximum Gasteiger partial charge on any atom is 0.416 e. The lowest BCUT2D eigenvalue weighted by Crippen LogP contribution is -2.27. The van der Waals surface area contributed by atoms with E-state index in [1.54, 1.807) is 0 Å². The highest BCUT2D eigenvalue weighted by atomic mass is 19.4. The Morgan fingerprint density at radius 3 is 2.29 bits per heavy atom. The summed E-state index contributed by atoms with van der Waals surface area (Å²) in [6, 6.07) is 5.31. The van der Waals surface area contributed by atoms with Crippen molar-refractivity contribution in [2.45, 2.75) is 31.1 Å². The van der Waals surface area contributed by atoms with Gasteiger partial charge in [0.2, 0.25) is 0 Å². The number of rotatable bonds is 2. The van der Waals surface area contributed by atoms with Gasteiger partial charge in [0.15, 0.2) is 0 Å². The molecular formula is C12H14F3NO. The molecule has 1 fully saturated rings. The molecule has 2 N–H and O–H groups in total. The summed E-state index contributed by atoms with van der Waals surface area (Å²) < 4.78 is 37.1. The number of benzene rings is 1. The average Bonchev–Trinajstić information content (AvgIpc) is 2.76. The van der Waals surface area contributed by atoms with Crippen molar-refractivity contribution in [3.05, 3.63) is 35.4 Å². The van der Waals surface area contributed by atoms with Crippen molar-refractivity contribution in [2.24, 2.45) is 0 Å². The third-order valence-electron chi connectivity index (χ3n) is 3.10. The zero-order valence-corrected chi connectivity index (χ0v) is 9.17. The topological polar surface area (TPSA) is 32.3 Å². The van der Waals surface area contributed by atoms with Crippen LogP contribution in [0.3, 0.4) is 0 Å². The van der Waals surface area contributed by atoms with Crippen molar-refractivity contribution < 1.29 is 18.3 Å². The molecule has 0 spiro atoms. The molecule has 1 aliphatic heterocycles. The highest BCUT2D eigenvalue weighted by Crippen LogP contribution is 2.32. The molecule has 17 heavy (non-hydrogen) atoms. The second-order valence-corrected chi connectivity index (χ2v) is 4.30. The summed E-state index contributed by atoms with van der Waals surface area (Å²) in [5.74, 6) is 0. The first-order valence-electron chi connectivity index (χ1n) is 5.55. The Kier molecular flexibility index (Phi) is 3.40. The molecule has 2 atom stereocenters. The number of alkyl halides is 3. The monoisotopic (exact) mass is 245 g/mol. The molecular weight excluding hydrogens is 231 g/mol. The van der Waals surface area contributed by atoms with Gasteiger partial charge >= 0.3 is 6.18 Å². The first-order chi connectivity index (χ1) is 8.00. The van der Waals surface area contributed by atoms with Crippen LogP contribution in [0.25, 0.3) is 0 Å². The fourth-order valence-corrected chi connectivity index (χ4v) is 2.13. The Bertz CT molecular complexity index is 374. The van der Waals surface area contributed by atoms with Crippen molar-refractivity contribution in [2.75, 3.05) is 6.61 Å². The summed E-state index contributed by atoms with van der Waals surface area (Å²) in [5, 5.41) is 12.2. The second kappa shape index (κ2) is 4.66. The molecule has 0 aliphatic carbocycles. The SMILES string of the molecule is OCC1CCC(c2ccc(C(F)(F)F)cc2)N1. The number of hydrogen-bond donors (Lipinski definition) is 2. The van der Waals surface area contributed by atoms with Gasteiger partial charge in [-0.2, -0.15) is 13.2 Å². The van der Waals surface area contributed by atoms with E-state index in [1.165, 1.54) is 12.1 Å². The predicted molar refractivity (Wildman–Crippen MR) is 57.4 cm³/mol. The molecule has 0 amide bonds. The van der Waals surface area contributed by atoms with Gasteiger partial charge in [0.25, 0.3) is 0 Å². The lowest BCUT2D eigenvalue weighted by Gasteiger charge is -2.14. The van der Waals surface area contributed by atoms with Crippen molar-refractivity contribution in [1.82, 2.24) is 5.32 Å². The molecule has 1 heterocycles. The Morgan fingerprint density at radius 1 is 1.18 bits per heavy atom. The van der Waals surface area contributed by atoms with E-state index in [9.17, 15) is 13.2 Å². The maximum atomic E-state index is 12.4. The summed E-state index contributed by atoms with van der Waals surface area (Å²) in [4.78, 5) is 0. The highest BCUT2D eigenvalue weighted by Gasteiger charge is 2.31. The molecule has 2 nitrogen and oxygen atoms in total. The van der Waals surface area contributed by atoms with Crippen LogP contribution >= 0.6 is 0 Å². The van der Waals surface area contributed by atoms with Crippen molar-refractivity contribution >= 4 is 0 Å². The fourth-order valence-electron chi connectivity index (χ4n) is 2.13. The first-order valence-corrected chi connectivity index (χ1v) is 5.55. The van der Waals surface area contributed by atoms with Gasteiger partial charge < -0.3 is 10.4 Å². The standard InChI is InChI=1S/C12H14F3NO/c13-12(14,15)9-3-1-8(2-4-9)11-6-5-10(7-17)16-11/h1-4,10-11,16-17H,5-7H2. The molecule has 0 radical (unpaired) electrons. The van der Waals surface area contributed by atoms with Crippen LogP contribution in [0.2, 0.25) is 0 Å². The maximum absolute atomic E-state index is 12.4. The fraction of sp³-hybridized carbons (Fsp3) is 0.500. The number of aliphatic hydroxyl groups is 1. The van der Waals surface area contributed by atoms with Crippen LogP contribution in [0.4, 0.5) is 13.2 Å². The van der Waals surface area contributed by atoms with Crippen LogP contribution in [0.5, 0.6) is 0 Å². The normalized spacial score (nSPS) is 25.2. The number of aliphatic hydroxyl groups excluding tert-OH is 1. The molecule has 1 aromatic rings. The summed E-state index contributed by atoms with van der Waals surface area (Å²) >= 11 is 0. The van der Waals surface area contributed by atoms with Gasteiger partial charge in [-0.15, -0.1) is 0 Å². The van der Waals surface area contributed by atoms with E-state index in [0.29, 0.717) is 0 Å². The first kappa shape index (κ1) is 12.4. The molecule has 2 rings (SSSR count). The van der Waals surface area contributed by atoms with Gasteiger partial charge in [0.1, 0.15) is 0 Å². The Labute approximate surface area is 97.5 Å². The minimum Gasteiger partial charge on any atom is -0.395 e. The minimum absolute atomic E-state index is 0.0504. The van der Waals surface area contributed by atoms with Gasteiger partial charge in [-0.1, -0.05) is 12.1 Å². The number of halogens is 3. The molecule has 0 aromatic heterocycles. The smallest absolute Gasteiger partial charge is 0.395 e. The van der Waals surface area contributed by atoms with Crippen LogP contribution in [0.1, 0.15) is 30.0 Å². The predicted octanol–water partition coefficient (Wildman–Crippen LogP) is 2.49. The molecule has 1 aliphatic rings. The largest absolute Gasteiger partial charge is 0.416 e. The lowest BCUT2D eigenvalue weighted by atomic mass is 10.0. The molecule has 1 saturated heterocycles. The number of hydrogen-bond acceptors (Lipinski definition) is 2. The van der Waals surface area contributed by atoms with Gasteiger partial charge in [0.05, 0.1) is 12.2 Å². The van der Waals surface area contributed by atoms with Crippen LogP contribution in [-0.2, 0) is 6.18 Å². The zero-order valence-electron chi connectivity index (χ0n) is 9.17. The van der Waals surface area contributed by atoms with E-state index in [1.807, 2.05) is 0 Å². The zero-order chi connectivity index (χ0) is 12.5. The van der Waals surface area contributed by atoms with Crippen LogP contribution < -0.4 is 5.32 Å². The third kappa shape index (κ3) is 2.79. The molecule has 94 valence electrons. The summed E-state index contributed by atoms with van der Waals surface area (Å²) in [6.45, 7) is 0.0666. The van der Waals surface area contributed by atoms with Crippen molar-refractivity contribution in [3.63, 3.8) is 0 Å². The van der Waals surface area contributed by atoms with E-state index in [0.717, 1.165) is 30.5 Å². The molecule has 1 aromatic carbocycles. The lowest BCUT2D eigenvalue weighted by molar-refractivity contribution is -0.137. The van der Waals surface area contributed by atoms with E-state index in [4.69, 9.17) is 5.11 Å². The van der Waals surface area contributed by atoms with E-state index in [-0.39, 0.29) is 18.7 Å². The van der Waals surface area contributed by atoms with Gasteiger partial charge in [-0.3, -0.25) is 0 Å². The molecule has 0 bridgehead atoms. The Balaban J connectivity index is 2.09. The summed E-state index contributed by atoms with van der Waals surface area (Å²) in [5.41, 5.74) is 0.215. The van der Waals surface area contributed by atoms with Crippen molar-refractivity contribution in [3.8, 4) is 0 Å². The Morgan fingerprint density at radius 2 is 1.82 bits per heavy atom. The van der Waals surface area contributed by atoms with Crippen molar-refractivity contribution in [1.29, 1.82) is 0 Å². The van der Waals surface area contributed by atoms with Crippen LogP contribution in [0, 0.1) is 0 Å². The summed E-state index contributed by atoms with van der Waals surface area (Å²) in [6.07, 6.45) is -2.59. The highest BCUT2D eigenvalue weighted by molar-refractivity contribution is 5.27.